The summed E-state index contributed by atoms with van der Waals surface area (Å²) in [5.74, 6) is 1.39. The Labute approximate surface area is 158 Å². The highest BCUT2D eigenvalue weighted by molar-refractivity contribution is 5.83. The van der Waals surface area contributed by atoms with Crippen LogP contribution in [0.2, 0.25) is 0 Å². The molecule has 1 aliphatic rings. The van der Waals surface area contributed by atoms with Gasteiger partial charge in [-0.05, 0) is 66.1 Å². The van der Waals surface area contributed by atoms with E-state index < -0.39 is 0 Å². The van der Waals surface area contributed by atoms with Crippen LogP contribution in [0.25, 0.3) is 10.9 Å². The smallest absolute Gasteiger partial charge is 0.253 e. The second-order valence-electron chi connectivity index (χ2n) is 7.07. The van der Waals surface area contributed by atoms with Crippen molar-refractivity contribution in [2.45, 2.75) is 26.3 Å². The average Bonchev–Trinajstić information content (AvgIpc) is 2.69. The summed E-state index contributed by atoms with van der Waals surface area (Å²) >= 11 is 0. The van der Waals surface area contributed by atoms with Crippen molar-refractivity contribution in [3.05, 3.63) is 68.5 Å². The number of ether oxygens (including phenoxy) is 2. The minimum atomic E-state index is -0.177. The number of hydrogen-bond donors (Lipinski definition) is 2. The van der Waals surface area contributed by atoms with Crippen LogP contribution >= 0.6 is 0 Å². The van der Waals surface area contributed by atoms with Crippen molar-refractivity contribution in [2.24, 2.45) is 0 Å². The predicted molar refractivity (Wildman–Crippen MR) is 107 cm³/mol. The van der Waals surface area contributed by atoms with Gasteiger partial charge in [-0.2, -0.15) is 0 Å². The van der Waals surface area contributed by atoms with Gasteiger partial charge >= 0.3 is 0 Å². The third-order valence-corrected chi connectivity index (χ3v) is 5.59. The first-order chi connectivity index (χ1) is 13.0. The summed E-state index contributed by atoms with van der Waals surface area (Å²) in [5.41, 5.74) is 6.09. The Kier molecular flexibility index (Phi) is 4.40. The standard InChI is InChI=1S/C22H24N2O3/c1-12-5-6-15-9-17(22(25)24-20(15)13(12)2)21-16-11-19(27-4)18(26-3)10-14(16)7-8-23-21/h5-6,9-11,21,23H,7-8H2,1-4H3,(H,24,25)/t21-/m0/s1. The van der Waals surface area contributed by atoms with Crippen LogP contribution in [0, 0.1) is 13.8 Å². The van der Waals surface area contributed by atoms with Crippen molar-refractivity contribution in [1.82, 2.24) is 10.3 Å². The third-order valence-electron chi connectivity index (χ3n) is 5.59. The van der Waals surface area contributed by atoms with Crippen LogP contribution in [-0.4, -0.2) is 25.7 Å². The number of rotatable bonds is 3. The van der Waals surface area contributed by atoms with Gasteiger partial charge in [0.1, 0.15) is 0 Å². The van der Waals surface area contributed by atoms with Gasteiger partial charge in [-0.1, -0.05) is 12.1 Å². The van der Waals surface area contributed by atoms with Gasteiger partial charge in [-0.3, -0.25) is 4.79 Å². The van der Waals surface area contributed by atoms with Crippen LogP contribution < -0.4 is 20.3 Å². The van der Waals surface area contributed by atoms with Crippen LogP contribution in [0.3, 0.4) is 0 Å². The lowest BCUT2D eigenvalue weighted by atomic mass is 9.89. The lowest BCUT2D eigenvalue weighted by molar-refractivity contribution is 0.353. The van der Waals surface area contributed by atoms with Gasteiger partial charge in [0.15, 0.2) is 11.5 Å². The van der Waals surface area contributed by atoms with Crippen LogP contribution in [0.1, 0.15) is 33.9 Å². The van der Waals surface area contributed by atoms with E-state index in [-0.39, 0.29) is 11.6 Å². The van der Waals surface area contributed by atoms with E-state index in [2.05, 4.69) is 29.4 Å². The van der Waals surface area contributed by atoms with E-state index in [0.29, 0.717) is 5.75 Å². The topological polar surface area (TPSA) is 63.4 Å². The molecular formula is C22H24N2O3. The van der Waals surface area contributed by atoms with E-state index >= 15 is 0 Å². The number of H-pyrrole nitrogens is 1. The van der Waals surface area contributed by atoms with E-state index in [1.807, 2.05) is 25.1 Å². The quantitative estimate of drug-likeness (QED) is 0.748. The summed E-state index contributed by atoms with van der Waals surface area (Å²) in [6, 6.07) is 9.98. The molecule has 0 saturated heterocycles. The van der Waals surface area contributed by atoms with Crippen molar-refractivity contribution in [2.75, 3.05) is 20.8 Å². The number of nitrogens with one attached hydrogen (secondary N) is 2. The number of aryl methyl sites for hydroxylation is 2. The van der Waals surface area contributed by atoms with E-state index in [1.54, 1.807) is 14.2 Å². The Morgan fingerprint density at radius 3 is 2.48 bits per heavy atom. The molecule has 0 bridgehead atoms. The fraction of sp³-hybridized carbons (Fsp3) is 0.318. The second-order valence-corrected chi connectivity index (χ2v) is 7.07. The first-order valence-corrected chi connectivity index (χ1v) is 9.14. The maximum atomic E-state index is 12.9. The van der Waals surface area contributed by atoms with Gasteiger partial charge in [0.25, 0.3) is 5.56 Å². The number of hydrogen-bond acceptors (Lipinski definition) is 4. The van der Waals surface area contributed by atoms with Gasteiger partial charge in [0.05, 0.1) is 25.8 Å². The number of methoxy groups -OCH3 is 2. The van der Waals surface area contributed by atoms with Crippen molar-refractivity contribution >= 4 is 10.9 Å². The largest absolute Gasteiger partial charge is 0.493 e. The Morgan fingerprint density at radius 2 is 1.74 bits per heavy atom. The van der Waals surface area contributed by atoms with Gasteiger partial charge < -0.3 is 19.8 Å². The fourth-order valence-electron chi connectivity index (χ4n) is 3.92. The molecule has 27 heavy (non-hydrogen) atoms. The monoisotopic (exact) mass is 364 g/mol. The summed E-state index contributed by atoms with van der Waals surface area (Å²) in [5, 5.41) is 4.54. The average molecular weight is 364 g/mol. The number of pyridine rings is 1. The maximum Gasteiger partial charge on any atom is 0.253 e. The fourth-order valence-corrected chi connectivity index (χ4v) is 3.92. The van der Waals surface area contributed by atoms with E-state index in [4.69, 9.17) is 9.47 Å². The normalized spacial score (nSPS) is 16.2. The van der Waals surface area contributed by atoms with Crippen LogP contribution in [0.5, 0.6) is 11.5 Å². The first kappa shape index (κ1) is 17.6. The molecule has 2 heterocycles. The van der Waals surface area contributed by atoms with E-state index in [9.17, 15) is 4.79 Å². The zero-order chi connectivity index (χ0) is 19.1. The summed E-state index contributed by atoms with van der Waals surface area (Å²) in [7, 11) is 3.27. The number of aromatic amines is 1. The molecule has 0 spiro atoms. The minimum absolute atomic E-state index is 0.0589. The van der Waals surface area contributed by atoms with Gasteiger partial charge in [0.2, 0.25) is 0 Å². The molecule has 2 aromatic carbocycles. The molecule has 140 valence electrons. The van der Waals surface area contributed by atoms with Crippen molar-refractivity contribution in [3.63, 3.8) is 0 Å². The highest BCUT2D eigenvalue weighted by Crippen LogP contribution is 2.37. The minimum Gasteiger partial charge on any atom is -0.493 e. The zero-order valence-corrected chi connectivity index (χ0v) is 16.1. The SMILES string of the molecule is COc1cc2c(cc1OC)[C@@H](c1cc3ccc(C)c(C)c3[nH]c1=O)NCC2. The van der Waals surface area contributed by atoms with Crippen molar-refractivity contribution in [3.8, 4) is 11.5 Å². The lowest BCUT2D eigenvalue weighted by Crippen LogP contribution is -2.34. The summed E-state index contributed by atoms with van der Waals surface area (Å²) < 4.78 is 10.9. The Morgan fingerprint density at radius 1 is 1.00 bits per heavy atom. The zero-order valence-electron chi connectivity index (χ0n) is 16.1. The van der Waals surface area contributed by atoms with Gasteiger partial charge in [-0.15, -0.1) is 0 Å². The number of benzene rings is 2. The molecule has 4 rings (SSSR count). The van der Waals surface area contributed by atoms with Crippen molar-refractivity contribution in [1.29, 1.82) is 0 Å². The summed E-state index contributed by atoms with van der Waals surface area (Å²) in [4.78, 5) is 16.0. The number of fused-ring (bicyclic) bond motifs is 2. The Bertz CT molecular complexity index is 1090. The molecule has 0 radical (unpaired) electrons. The van der Waals surface area contributed by atoms with Gasteiger partial charge in [-0.25, -0.2) is 0 Å². The molecule has 0 amide bonds. The molecule has 2 N–H and O–H groups in total. The molecular weight excluding hydrogens is 340 g/mol. The molecule has 5 nitrogen and oxygen atoms in total. The molecule has 5 heteroatoms. The Hall–Kier alpha value is -2.79. The summed E-state index contributed by atoms with van der Waals surface area (Å²) in [6.45, 7) is 4.90. The van der Waals surface area contributed by atoms with Crippen LogP contribution in [-0.2, 0) is 6.42 Å². The molecule has 0 fully saturated rings. The van der Waals surface area contributed by atoms with Gasteiger partial charge in [0, 0.05) is 12.1 Å². The van der Waals surface area contributed by atoms with Crippen LogP contribution in [0.4, 0.5) is 0 Å². The van der Waals surface area contributed by atoms with Crippen LogP contribution in [0.15, 0.2) is 35.1 Å². The molecule has 0 aliphatic carbocycles. The molecule has 1 aromatic heterocycles. The maximum absolute atomic E-state index is 12.9. The molecule has 0 unspecified atom stereocenters. The third kappa shape index (κ3) is 2.88. The summed E-state index contributed by atoms with van der Waals surface area (Å²) in [6.07, 6.45) is 0.885. The highest BCUT2D eigenvalue weighted by Gasteiger charge is 2.26. The molecule has 1 atom stereocenters. The van der Waals surface area contributed by atoms with E-state index in [0.717, 1.165) is 46.3 Å². The molecule has 1 aliphatic heterocycles. The number of aromatic nitrogens is 1. The highest BCUT2D eigenvalue weighted by atomic mass is 16.5. The Balaban J connectivity index is 1.90. The predicted octanol–water partition coefficient (Wildman–Crippen LogP) is 3.40. The lowest BCUT2D eigenvalue weighted by Gasteiger charge is -2.28. The second kappa shape index (κ2) is 6.74. The first-order valence-electron chi connectivity index (χ1n) is 9.14. The molecule has 3 aromatic rings. The molecule has 0 saturated carbocycles. The van der Waals surface area contributed by atoms with E-state index in [1.165, 1.54) is 11.1 Å². The van der Waals surface area contributed by atoms with Crippen molar-refractivity contribution < 1.29 is 9.47 Å².